The minimum absolute atomic E-state index is 0.272. The molecule has 9 heteroatoms. The van der Waals surface area contributed by atoms with Crippen molar-refractivity contribution in [3.8, 4) is 17.1 Å². The molecule has 2 amide bonds. The number of benzene rings is 3. The zero-order chi connectivity index (χ0) is 23.8. The molecular formula is C26H22N6O3. The van der Waals surface area contributed by atoms with Gasteiger partial charge in [-0.1, -0.05) is 41.6 Å². The summed E-state index contributed by atoms with van der Waals surface area (Å²) in [6.07, 6.45) is 2.11. The third kappa shape index (κ3) is 3.97. The number of methoxy groups -OCH3 is 1. The number of anilines is 1. The minimum atomic E-state index is -0.453. The average Bonchev–Trinajstić information content (AvgIpc) is 3.57. The number of fused-ring (bicyclic) bond motifs is 2. The molecule has 1 aliphatic rings. The lowest BCUT2D eigenvalue weighted by atomic mass is 10.0. The Bertz CT molecular complexity index is 1510. The molecule has 6 rings (SSSR count). The Morgan fingerprint density at radius 3 is 2.77 bits per heavy atom. The summed E-state index contributed by atoms with van der Waals surface area (Å²) in [7, 11) is 1.60. The minimum Gasteiger partial charge on any atom is -0.497 e. The van der Waals surface area contributed by atoms with Crippen molar-refractivity contribution < 1.29 is 14.1 Å². The number of ether oxygens (including phenoxy) is 1. The first kappa shape index (κ1) is 20.9. The zero-order valence-electron chi connectivity index (χ0n) is 18.9. The molecule has 0 saturated carbocycles. The number of nitrogens with zero attached hydrogens (tertiary/aromatic N) is 4. The number of carbonyl (C=O) groups is 1. The number of hydrogen-bond acceptors (Lipinski definition) is 6. The molecule has 0 fully saturated rings. The van der Waals surface area contributed by atoms with Crippen molar-refractivity contribution in [1.29, 1.82) is 0 Å². The van der Waals surface area contributed by atoms with Crippen LogP contribution in [-0.2, 0) is 13.0 Å². The Labute approximate surface area is 200 Å². The number of H-pyrrole nitrogens is 1. The van der Waals surface area contributed by atoms with Gasteiger partial charge < -0.3 is 24.5 Å². The molecule has 3 aromatic carbocycles. The van der Waals surface area contributed by atoms with Crippen molar-refractivity contribution in [2.45, 2.75) is 19.0 Å². The molecule has 35 heavy (non-hydrogen) atoms. The van der Waals surface area contributed by atoms with E-state index in [1.54, 1.807) is 42.6 Å². The molecule has 9 nitrogen and oxygen atoms in total. The number of rotatable bonds is 4. The lowest BCUT2D eigenvalue weighted by Gasteiger charge is -2.32. The summed E-state index contributed by atoms with van der Waals surface area (Å²) in [4.78, 5) is 27.2. The standard InChI is InChI=1S/C26H22N6O3/c1-34-20-10-8-19(9-11-20)29-26(33)32-14-22-21(27-15-28-22)13-23(32)25-30-24(31-35-25)18-7-6-16-4-2-3-5-17(16)12-18/h2-12,15,23H,13-14H2,1H3,(H,27,28)(H,29,33). The first-order valence-electron chi connectivity index (χ1n) is 11.2. The highest BCUT2D eigenvalue weighted by atomic mass is 16.5. The van der Waals surface area contributed by atoms with Crippen LogP contribution in [0.4, 0.5) is 10.5 Å². The van der Waals surface area contributed by atoms with Gasteiger partial charge in [0, 0.05) is 17.7 Å². The number of amides is 2. The summed E-state index contributed by atoms with van der Waals surface area (Å²) in [5.74, 6) is 1.56. The monoisotopic (exact) mass is 466 g/mol. The molecule has 3 heterocycles. The van der Waals surface area contributed by atoms with E-state index in [0.29, 0.717) is 36.1 Å². The number of carbonyl (C=O) groups excluding carboxylic acids is 1. The van der Waals surface area contributed by atoms with Crippen LogP contribution in [0.2, 0.25) is 0 Å². The second-order valence-corrected chi connectivity index (χ2v) is 8.35. The number of imidazole rings is 1. The number of aromatic amines is 1. The molecule has 0 aliphatic carbocycles. The van der Waals surface area contributed by atoms with E-state index in [1.165, 1.54) is 0 Å². The SMILES string of the molecule is COc1ccc(NC(=O)N2Cc3[nH]cnc3CC2c2nc(-c3ccc4ccccc4c3)no2)cc1. The molecule has 0 saturated heterocycles. The van der Waals surface area contributed by atoms with Crippen molar-refractivity contribution in [3.05, 3.63) is 90.3 Å². The Hall–Kier alpha value is -4.66. The normalized spacial score (nSPS) is 15.1. The van der Waals surface area contributed by atoms with Gasteiger partial charge in [0.15, 0.2) is 0 Å². The van der Waals surface area contributed by atoms with Crippen LogP contribution >= 0.6 is 0 Å². The molecular weight excluding hydrogens is 444 g/mol. The molecule has 0 radical (unpaired) electrons. The van der Waals surface area contributed by atoms with Crippen LogP contribution in [0.3, 0.4) is 0 Å². The maximum absolute atomic E-state index is 13.3. The maximum atomic E-state index is 13.3. The van der Waals surface area contributed by atoms with E-state index in [9.17, 15) is 4.79 Å². The van der Waals surface area contributed by atoms with Gasteiger partial charge in [0.1, 0.15) is 11.8 Å². The number of urea groups is 1. The molecule has 174 valence electrons. The zero-order valence-corrected chi connectivity index (χ0v) is 18.9. The highest BCUT2D eigenvalue weighted by Crippen LogP contribution is 2.33. The summed E-state index contributed by atoms with van der Waals surface area (Å²) < 4.78 is 10.9. The third-order valence-corrected chi connectivity index (χ3v) is 6.24. The highest BCUT2D eigenvalue weighted by Gasteiger charge is 2.36. The van der Waals surface area contributed by atoms with E-state index in [4.69, 9.17) is 9.26 Å². The van der Waals surface area contributed by atoms with Crippen molar-refractivity contribution in [2.75, 3.05) is 12.4 Å². The third-order valence-electron chi connectivity index (χ3n) is 6.24. The van der Waals surface area contributed by atoms with E-state index in [1.807, 2.05) is 36.4 Å². The summed E-state index contributed by atoms with van der Waals surface area (Å²) in [6, 6.07) is 20.6. The fraction of sp³-hybridized carbons (Fsp3) is 0.154. The molecule has 1 aliphatic heterocycles. The van der Waals surface area contributed by atoms with Crippen LogP contribution in [0.1, 0.15) is 23.3 Å². The Morgan fingerprint density at radius 2 is 1.94 bits per heavy atom. The molecule has 1 atom stereocenters. The van der Waals surface area contributed by atoms with E-state index in [2.05, 4.69) is 31.5 Å². The fourth-order valence-electron chi connectivity index (χ4n) is 4.36. The lowest BCUT2D eigenvalue weighted by Crippen LogP contribution is -2.41. The van der Waals surface area contributed by atoms with Gasteiger partial charge in [0.05, 0.1) is 31.4 Å². The fourth-order valence-corrected chi connectivity index (χ4v) is 4.36. The maximum Gasteiger partial charge on any atom is 0.322 e. The van der Waals surface area contributed by atoms with Crippen LogP contribution in [-0.4, -0.2) is 38.1 Å². The molecule has 5 aromatic rings. The predicted molar refractivity (Wildman–Crippen MR) is 130 cm³/mol. The quantitative estimate of drug-likeness (QED) is 0.388. The predicted octanol–water partition coefficient (Wildman–Crippen LogP) is 4.95. The van der Waals surface area contributed by atoms with Crippen LogP contribution in [0.15, 0.2) is 77.6 Å². The average molecular weight is 467 g/mol. The van der Waals surface area contributed by atoms with E-state index in [-0.39, 0.29) is 6.03 Å². The Kier molecular flexibility index (Phi) is 5.14. The van der Waals surface area contributed by atoms with Gasteiger partial charge in [-0.15, -0.1) is 0 Å². The molecule has 1 unspecified atom stereocenters. The summed E-state index contributed by atoms with van der Waals surface area (Å²) >= 11 is 0. The van der Waals surface area contributed by atoms with Gasteiger partial charge in [-0.3, -0.25) is 0 Å². The molecule has 2 N–H and O–H groups in total. The topological polar surface area (TPSA) is 109 Å². The van der Waals surface area contributed by atoms with Gasteiger partial charge >= 0.3 is 6.03 Å². The van der Waals surface area contributed by atoms with E-state index >= 15 is 0 Å². The summed E-state index contributed by atoms with van der Waals surface area (Å²) in [5, 5.41) is 9.41. The van der Waals surface area contributed by atoms with Gasteiger partial charge in [0.2, 0.25) is 11.7 Å². The second kappa shape index (κ2) is 8.60. The second-order valence-electron chi connectivity index (χ2n) is 8.35. The van der Waals surface area contributed by atoms with Gasteiger partial charge in [-0.25, -0.2) is 9.78 Å². The van der Waals surface area contributed by atoms with Crippen LogP contribution in [0, 0.1) is 0 Å². The van der Waals surface area contributed by atoms with E-state index in [0.717, 1.165) is 27.7 Å². The molecule has 0 bridgehead atoms. The number of nitrogens with one attached hydrogen (secondary N) is 2. The lowest BCUT2D eigenvalue weighted by molar-refractivity contribution is 0.155. The van der Waals surface area contributed by atoms with Gasteiger partial charge in [-0.05, 0) is 41.1 Å². The van der Waals surface area contributed by atoms with Crippen molar-refractivity contribution in [3.63, 3.8) is 0 Å². The number of hydrogen-bond donors (Lipinski definition) is 2. The van der Waals surface area contributed by atoms with Crippen LogP contribution in [0.5, 0.6) is 5.75 Å². The summed E-state index contributed by atoms with van der Waals surface area (Å²) in [6.45, 7) is 0.343. The van der Waals surface area contributed by atoms with Gasteiger partial charge in [-0.2, -0.15) is 4.98 Å². The molecule has 2 aromatic heterocycles. The smallest absolute Gasteiger partial charge is 0.322 e. The van der Waals surface area contributed by atoms with Crippen molar-refractivity contribution in [1.82, 2.24) is 25.0 Å². The highest BCUT2D eigenvalue weighted by molar-refractivity contribution is 5.90. The van der Waals surface area contributed by atoms with E-state index < -0.39 is 6.04 Å². The van der Waals surface area contributed by atoms with Crippen molar-refractivity contribution in [2.24, 2.45) is 0 Å². The first-order valence-corrected chi connectivity index (χ1v) is 11.2. The van der Waals surface area contributed by atoms with Gasteiger partial charge in [0.25, 0.3) is 0 Å². The Morgan fingerprint density at radius 1 is 1.11 bits per heavy atom. The van der Waals surface area contributed by atoms with Crippen LogP contribution < -0.4 is 10.1 Å². The van der Waals surface area contributed by atoms with Crippen molar-refractivity contribution >= 4 is 22.5 Å². The number of aromatic nitrogens is 4. The largest absolute Gasteiger partial charge is 0.497 e. The first-order chi connectivity index (χ1) is 17.2. The van der Waals surface area contributed by atoms with Crippen LogP contribution in [0.25, 0.3) is 22.2 Å². The Balaban J connectivity index is 1.30. The summed E-state index contributed by atoms with van der Waals surface area (Å²) in [5.41, 5.74) is 3.28. The molecule has 0 spiro atoms.